The lowest BCUT2D eigenvalue weighted by Crippen LogP contribution is -2.45. The van der Waals surface area contributed by atoms with Gasteiger partial charge in [0.2, 0.25) is 5.91 Å². The van der Waals surface area contributed by atoms with Crippen molar-refractivity contribution in [3.63, 3.8) is 0 Å². The molecular formula is C13H19N3O3. The molecule has 0 radical (unpaired) electrons. The molecule has 6 nitrogen and oxygen atoms in total. The fraction of sp³-hybridized carbons (Fsp3) is 0.462. The predicted molar refractivity (Wildman–Crippen MR) is 70.7 cm³/mol. The minimum atomic E-state index is -0.645. The van der Waals surface area contributed by atoms with E-state index >= 15 is 0 Å². The number of rotatable bonds is 5. The average Bonchev–Trinajstić information content (AvgIpc) is 2.35. The normalized spacial score (nSPS) is 12.0. The van der Waals surface area contributed by atoms with Crippen molar-refractivity contribution in [1.29, 1.82) is 0 Å². The van der Waals surface area contributed by atoms with Gasteiger partial charge in [-0.3, -0.25) is 14.6 Å². The van der Waals surface area contributed by atoms with E-state index in [9.17, 15) is 14.7 Å². The van der Waals surface area contributed by atoms with Gasteiger partial charge < -0.3 is 15.7 Å². The van der Waals surface area contributed by atoms with Crippen LogP contribution in [0.4, 0.5) is 0 Å². The van der Waals surface area contributed by atoms with Crippen LogP contribution in [0.3, 0.4) is 0 Å². The van der Waals surface area contributed by atoms with Gasteiger partial charge in [-0.2, -0.15) is 0 Å². The number of aromatic hydroxyl groups is 1. The van der Waals surface area contributed by atoms with E-state index in [1.807, 2.05) is 13.8 Å². The SMILES string of the molecule is CC(C)CNC(=O)C(C)NC(=O)c1cncc(O)c1. The van der Waals surface area contributed by atoms with E-state index in [-0.39, 0.29) is 17.2 Å². The number of nitrogens with zero attached hydrogens (tertiary/aromatic N) is 1. The molecule has 1 aromatic heterocycles. The summed E-state index contributed by atoms with van der Waals surface area (Å²) < 4.78 is 0. The minimum Gasteiger partial charge on any atom is -0.506 e. The highest BCUT2D eigenvalue weighted by atomic mass is 16.3. The summed E-state index contributed by atoms with van der Waals surface area (Å²) >= 11 is 0. The van der Waals surface area contributed by atoms with Crippen molar-refractivity contribution >= 4 is 11.8 Å². The van der Waals surface area contributed by atoms with Crippen molar-refractivity contribution in [2.24, 2.45) is 5.92 Å². The topological polar surface area (TPSA) is 91.3 Å². The van der Waals surface area contributed by atoms with Crippen LogP contribution in [0.1, 0.15) is 31.1 Å². The number of carbonyl (C=O) groups is 2. The Balaban J connectivity index is 2.54. The molecule has 0 saturated heterocycles. The molecule has 104 valence electrons. The van der Waals surface area contributed by atoms with Gasteiger partial charge in [0.15, 0.2) is 0 Å². The molecule has 1 rings (SSSR count). The van der Waals surface area contributed by atoms with Crippen molar-refractivity contribution in [2.45, 2.75) is 26.8 Å². The molecule has 19 heavy (non-hydrogen) atoms. The van der Waals surface area contributed by atoms with Crippen LogP contribution in [-0.2, 0) is 4.79 Å². The second kappa shape index (κ2) is 6.72. The summed E-state index contributed by atoms with van der Waals surface area (Å²) in [5.74, 6) is -0.433. The van der Waals surface area contributed by atoms with Crippen LogP contribution in [0.25, 0.3) is 0 Å². The van der Waals surface area contributed by atoms with Gasteiger partial charge in [0, 0.05) is 12.7 Å². The van der Waals surface area contributed by atoms with E-state index < -0.39 is 11.9 Å². The summed E-state index contributed by atoms with van der Waals surface area (Å²) in [5.41, 5.74) is 0.212. The third kappa shape index (κ3) is 4.95. The van der Waals surface area contributed by atoms with Crippen molar-refractivity contribution in [2.75, 3.05) is 6.54 Å². The highest BCUT2D eigenvalue weighted by Gasteiger charge is 2.16. The average molecular weight is 265 g/mol. The zero-order chi connectivity index (χ0) is 14.4. The first-order chi connectivity index (χ1) is 8.90. The highest BCUT2D eigenvalue weighted by Crippen LogP contribution is 2.08. The lowest BCUT2D eigenvalue weighted by atomic mass is 10.2. The Morgan fingerprint density at radius 1 is 1.32 bits per heavy atom. The van der Waals surface area contributed by atoms with Gasteiger partial charge in [-0.25, -0.2) is 0 Å². The quantitative estimate of drug-likeness (QED) is 0.730. The van der Waals surface area contributed by atoms with Crippen LogP contribution in [0.15, 0.2) is 18.5 Å². The summed E-state index contributed by atoms with van der Waals surface area (Å²) in [5, 5.41) is 14.5. The van der Waals surface area contributed by atoms with E-state index in [0.717, 1.165) is 0 Å². The molecule has 2 amide bonds. The number of aromatic nitrogens is 1. The van der Waals surface area contributed by atoms with Gasteiger partial charge in [0.1, 0.15) is 11.8 Å². The number of amides is 2. The molecule has 1 unspecified atom stereocenters. The van der Waals surface area contributed by atoms with Crippen LogP contribution in [0.5, 0.6) is 5.75 Å². The molecule has 0 fully saturated rings. The molecule has 1 heterocycles. The Labute approximate surface area is 112 Å². The van der Waals surface area contributed by atoms with Crippen LogP contribution in [0, 0.1) is 5.92 Å². The molecule has 6 heteroatoms. The highest BCUT2D eigenvalue weighted by molar-refractivity contribution is 5.97. The van der Waals surface area contributed by atoms with E-state index in [1.165, 1.54) is 18.5 Å². The maximum absolute atomic E-state index is 11.8. The Kier molecular flexibility index (Phi) is 5.29. The maximum Gasteiger partial charge on any atom is 0.253 e. The van der Waals surface area contributed by atoms with Crippen molar-refractivity contribution in [1.82, 2.24) is 15.6 Å². The van der Waals surface area contributed by atoms with Gasteiger partial charge in [-0.05, 0) is 18.9 Å². The summed E-state index contributed by atoms with van der Waals surface area (Å²) in [6, 6.07) is 0.648. The van der Waals surface area contributed by atoms with E-state index in [4.69, 9.17) is 0 Å². The first-order valence-electron chi connectivity index (χ1n) is 6.12. The number of hydrogen-bond acceptors (Lipinski definition) is 4. The minimum absolute atomic E-state index is 0.0930. The van der Waals surface area contributed by atoms with E-state index in [2.05, 4.69) is 15.6 Å². The van der Waals surface area contributed by atoms with Gasteiger partial charge in [-0.1, -0.05) is 13.8 Å². The Bertz CT molecular complexity index is 460. The first-order valence-corrected chi connectivity index (χ1v) is 6.12. The third-order valence-electron chi connectivity index (χ3n) is 2.41. The lowest BCUT2D eigenvalue weighted by Gasteiger charge is -2.15. The largest absolute Gasteiger partial charge is 0.506 e. The number of nitrogens with one attached hydrogen (secondary N) is 2. The molecule has 0 bridgehead atoms. The summed E-state index contributed by atoms with van der Waals surface area (Å²) in [4.78, 5) is 27.2. The molecule has 0 aromatic carbocycles. The van der Waals surface area contributed by atoms with Crippen LogP contribution < -0.4 is 10.6 Å². The van der Waals surface area contributed by atoms with Crippen molar-refractivity contribution in [3.8, 4) is 5.75 Å². The van der Waals surface area contributed by atoms with Gasteiger partial charge >= 0.3 is 0 Å². The standard InChI is InChI=1S/C13H19N3O3/c1-8(2)5-15-12(18)9(3)16-13(19)10-4-11(17)7-14-6-10/h4,6-9,17H,5H2,1-3H3,(H,15,18)(H,16,19). The van der Waals surface area contributed by atoms with Crippen LogP contribution in [0.2, 0.25) is 0 Å². The number of pyridine rings is 1. The maximum atomic E-state index is 11.8. The smallest absolute Gasteiger partial charge is 0.253 e. The van der Waals surface area contributed by atoms with E-state index in [1.54, 1.807) is 6.92 Å². The zero-order valence-corrected chi connectivity index (χ0v) is 11.3. The van der Waals surface area contributed by atoms with Gasteiger partial charge in [0.05, 0.1) is 11.8 Å². The Morgan fingerprint density at radius 2 is 2.00 bits per heavy atom. The molecule has 1 atom stereocenters. The zero-order valence-electron chi connectivity index (χ0n) is 11.3. The number of carbonyl (C=O) groups excluding carboxylic acids is 2. The van der Waals surface area contributed by atoms with Crippen molar-refractivity contribution in [3.05, 3.63) is 24.0 Å². The van der Waals surface area contributed by atoms with Crippen LogP contribution >= 0.6 is 0 Å². The molecule has 0 spiro atoms. The molecule has 0 saturated carbocycles. The number of hydrogen-bond donors (Lipinski definition) is 3. The molecular weight excluding hydrogens is 246 g/mol. The van der Waals surface area contributed by atoms with Gasteiger partial charge in [0.25, 0.3) is 5.91 Å². The summed E-state index contributed by atoms with van der Waals surface area (Å²) in [6.07, 6.45) is 2.56. The van der Waals surface area contributed by atoms with Crippen molar-refractivity contribution < 1.29 is 14.7 Å². The predicted octanol–water partition coefficient (Wildman–Crippen LogP) is 0.678. The summed E-state index contributed by atoms with van der Waals surface area (Å²) in [6.45, 7) is 6.14. The molecule has 3 N–H and O–H groups in total. The molecule has 1 aromatic rings. The monoisotopic (exact) mass is 265 g/mol. The Morgan fingerprint density at radius 3 is 2.58 bits per heavy atom. The Hall–Kier alpha value is -2.11. The summed E-state index contributed by atoms with van der Waals surface area (Å²) in [7, 11) is 0. The van der Waals surface area contributed by atoms with E-state index in [0.29, 0.717) is 12.5 Å². The second-order valence-electron chi connectivity index (χ2n) is 4.77. The fourth-order valence-corrected chi connectivity index (χ4v) is 1.36. The van der Waals surface area contributed by atoms with Crippen LogP contribution in [-0.4, -0.2) is 34.5 Å². The molecule has 0 aliphatic carbocycles. The first kappa shape index (κ1) is 14.9. The lowest BCUT2D eigenvalue weighted by molar-refractivity contribution is -0.122. The van der Waals surface area contributed by atoms with Gasteiger partial charge in [-0.15, -0.1) is 0 Å². The third-order valence-corrected chi connectivity index (χ3v) is 2.41. The fourth-order valence-electron chi connectivity index (χ4n) is 1.36. The molecule has 0 aliphatic heterocycles. The second-order valence-corrected chi connectivity index (χ2v) is 4.77. The molecule has 0 aliphatic rings.